The van der Waals surface area contributed by atoms with Gasteiger partial charge in [0.25, 0.3) is 5.91 Å². The van der Waals surface area contributed by atoms with Crippen molar-refractivity contribution in [2.24, 2.45) is 5.10 Å². The maximum atomic E-state index is 11.7. The van der Waals surface area contributed by atoms with Gasteiger partial charge in [-0.1, -0.05) is 33.6 Å². The molecule has 0 radical (unpaired) electrons. The highest BCUT2D eigenvalue weighted by Crippen LogP contribution is 2.32. The van der Waals surface area contributed by atoms with Crippen LogP contribution in [0.15, 0.2) is 46.0 Å². The molecule has 2 N–H and O–H groups in total. The Morgan fingerprint density at radius 2 is 2.21 bits per heavy atom. The quantitative estimate of drug-likeness (QED) is 0.562. The molecule has 0 spiro atoms. The minimum atomic E-state index is -0.451. The van der Waals surface area contributed by atoms with E-state index in [0.717, 1.165) is 0 Å². The first-order valence-electron chi connectivity index (χ1n) is 6.76. The summed E-state index contributed by atoms with van der Waals surface area (Å²) in [5, 5.41) is 14.3. The lowest BCUT2D eigenvalue weighted by Crippen LogP contribution is -2.24. The number of rotatable bonds is 6. The van der Waals surface area contributed by atoms with E-state index in [-0.39, 0.29) is 12.4 Å². The first-order chi connectivity index (χ1) is 11.5. The Morgan fingerprint density at radius 3 is 2.92 bits per heavy atom. The van der Waals surface area contributed by atoms with E-state index in [1.807, 2.05) is 0 Å². The number of phenolic OH excluding ortho intramolecular Hbond substituents is 1. The van der Waals surface area contributed by atoms with Gasteiger partial charge in [-0.05, 0) is 30.3 Å². The van der Waals surface area contributed by atoms with E-state index in [1.165, 1.54) is 13.3 Å². The number of carbonyl (C=O) groups is 1. The zero-order valence-corrected chi connectivity index (χ0v) is 15.0. The third kappa shape index (κ3) is 5.14. The van der Waals surface area contributed by atoms with E-state index < -0.39 is 5.91 Å². The van der Waals surface area contributed by atoms with Crippen molar-refractivity contribution in [3.63, 3.8) is 0 Å². The van der Waals surface area contributed by atoms with Gasteiger partial charge in [-0.15, -0.1) is 0 Å². The molecule has 0 unspecified atom stereocenters. The van der Waals surface area contributed by atoms with Gasteiger partial charge in [-0.25, -0.2) is 5.43 Å². The Morgan fingerprint density at radius 1 is 1.42 bits per heavy atom. The van der Waals surface area contributed by atoms with E-state index >= 15 is 0 Å². The van der Waals surface area contributed by atoms with Gasteiger partial charge < -0.3 is 14.6 Å². The van der Waals surface area contributed by atoms with Crippen molar-refractivity contribution in [3.05, 3.63) is 51.5 Å². The predicted molar refractivity (Wildman–Crippen MR) is 95.0 cm³/mol. The summed E-state index contributed by atoms with van der Waals surface area (Å²) in [6.45, 7) is -0.217. The number of benzene rings is 2. The second-order valence-electron chi connectivity index (χ2n) is 4.59. The molecule has 8 heteroatoms. The largest absolute Gasteiger partial charge is 0.504 e. The van der Waals surface area contributed by atoms with Gasteiger partial charge >= 0.3 is 0 Å². The van der Waals surface area contributed by atoms with Crippen LogP contribution in [0, 0.1) is 0 Å². The lowest BCUT2D eigenvalue weighted by atomic mass is 10.2. The van der Waals surface area contributed by atoms with Gasteiger partial charge in [0, 0.05) is 15.1 Å². The van der Waals surface area contributed by atoms with Crippen LogP contribution in [0.2, 0.25) is 5.02 Å². The maximum absolute atomic E-state index is 11.7. The molecule has 0 aliphatic heterocycles. The van der Waals surface area contributed by atoms with E-state index in [0.29, 0.717) is 26.6 Å². The van der Waals surface area contributed by atoms with Crippen LogP contribution in [0.25, 0.3) is 0 Å². The first kappa shape index (κ1) is 18.1. The minimum absolute atomic E-state index is 0.0751. The molecule has 2 rings (SSSR count). The fourth-order valence-electron chi connectivity index (χ4n) is 1.76. The van der Waals surface area contributed by atoms with Gasteiger partial charge in [-0.3, -0.25) is 4.79 Å². The molecule has 126 valence electrons. The average molecular weight is 414 g/mol. The number of carbonyl (C=O) groups excluding carboxylic acids is 1. The number of hydrazone groups is 1. The van der Waals surface area contributed by atoms with Crippen molar-refractivity contribution in [1.29, 1.82) is 0 Å². The Hall–Kier alpha value is -2.25. The number of methoxy groups -OCH3 is 1. The monoisotopic (exact) mass is 412 g/mol. The predicted octanol–water partition coefficient (Wildman–Crippen LogP) is 3.35. The number of amides is 1. The number of halogens is 2. The number of hydrogen-bond donors (Lipinski definition) is 2. The van der Waals surface area contributed by atoms with Gasteiger partial charge in [0.1, 0.15) is 5.75 Å². The molecule has 1 amide bonds. The van der Waals surface area contributed by atoms with Crippen LogP contribution >= 0.6 is 27.5 Å². The van der Waals surface area contributed by atoms with Gasteiger partial charge in [0.2, 0.25) is 0 Å². The molecule has 0 saturated carbocycles. The number of nitrogens with zero attached hydrogens (tertiary/aromatic N) is 1. The summed E-state index contributed by atoms with van der Waals surface area (Å²) in [6.07, 6.45) is 1.31. The summed E-state index contributed by atoms with van der Waals surface area (Å²) in [5.41, 5.74) is 2.69. The van der Waals surface area contributed by atoms with E-state index in [4.69, 9.17) is 21.1 Å². The van der Waals surface area contributed by atoms with Crippen LogP contribution in [0.1, 0.15) is 5.56 Å². The molecule has 0 atom stereocenters. The summed E-state index contributed by atoms with van der Waals surface area (Å²) in [7, 11) is 1.44. The molecular weight excluding hydrogens is 400 g/mol. The van der Waals surface area contributed by atoms with Crippen LogP contribution in [0.3, 0.4) is 0 Å². The normalized spacial score (nSPS) is 10.6. The summed E-state index contributed by atoms with van der Waals surface area (Å²) >= 11 is 9.12. The number of aromatic hydroxyl groups is 1. The third-order valence-corrected chi connectivity index (χ3v) is 3.54. The molecule has 0 aliphatic rings. The van der Waals surface area contributed by atoms with Gasteiger partial charge in [0.15, 0.2) is 18.1 Å². The highest BCUT2D eigenvalue weighted by atomic mass is 79.9. The maximum Gasteiger partial charge on any atom is 0.277 e. The van der Waals surface area contributed by atoms with E-state index in [2.05, 4.69) is 26.5 Å². The van der Waals surface area contributed by atoms with Crippen LogP contribution in [-0.2, 0) is 4.79 Å². The second kappa shape index (κ2) is 8.56. The fraction of sp³-hybridized carbons (Fsp3) is 0.125. The lowest BCUT2D eigenvalue weighted by Gasteiger charge is -2.07. The average Bonchev–Trinajstić information content (AvgIpc) is 2.55. The van der Waals surface area contributed by atoms with Crippen LogP contribution in [0.5, 0.6) is 17.2 Å². The zero-order chi connectivity index (χ0) is 17.5. The van der Waals surface area contributed by atoms with Crippen molar-refractivity contribution >= 4 is 39.7 Å². The summed E-state index contributed by atoms with van der Waals surface area (Å²) in [4.78, 5) is 11.7. The molecule has 6 nitrogen and oxygen atoms in total. The Kier molecular flexibility index (Phi) is 6.45. The summed E-state index contributed by atoms with van der Waals surface area (Å²) in [5.74, 6) is 0.249. The molecular formula is C16H14BrClN2O4. The third-order valence-electron chi connectivity index (χ3n) is 2.85. The number of hydrogen-bond acceptors (Lipinski definition) is 5. The number of nitrogens with one attached hydrogen (secondary N) is 1. The Labute approximate surface area is 152 Å². The molecule has 0 aromatic heterocycles. The molecule has 2 aromatic rings. The Bertz CT molecular complexity index is 768. The van der Waals surface area contributed by atoms with Crippen molar-refractivity contribution < 1.29 is 19.4 Å². The number of ether oxygens (including phenoxy) is 2. The second-order valence-corrected chi connectivity index (χ2v) is 5.94. The SMILES string of the molecule is COc1cc(Br)cc(/C=N/NC(=O)COc2cccc(Cl)c2)c1O. The molecule has 0 fully saturated rings. The van der Waals surface area contributed by atoms with Crippen molar-refractivity contribution in [1.82, 2.24) is 5.43 Å². The summed E-state index contributed by atoms with van der Waals surface area (Å²) in [6, 6.07) is 9.97. The van der Waals surface area contributed by atoms with Crippen LogP contribution in [0.4, 0.5) is 0 Å². The smallest absolute Gasteiger partial charge is 0.277 e. The lowest BCUT2D eigenvalue weighted by molar-refractivity contribution is -0.123. The van der Waals surface area contributed by atoms with Crippen molar-refractivity contribution in [2.75, 3.05) is 13.7 Å². The first-order valence-corrected chi connectivity index (χ1v) is 7.93. The molecule has 0 bridgehead atoms. The molecule has 0 heterocycles. The Balaban J connectivity index is 1.92. The van der Waals surface area contributed by atoms with Crippen molar-refractivity contribution in [3.8, 4) is 17.2 Å². The molecule has 0 saturated heterocycles. The highest BCUT2D eigenvalue weighted by molar-refractivity contribution is 9.10. The van der Waals surface area contributed by atoms with Gasteiger partial charge in [-0.2, -0.15) is 5.10 Å². The zero-order valence-electron chi connectivity index (χ0n) is 12.6. The fourth-order valence-corrected chi connectivity index (χ4v) is 2.40. The molecule has 0 aliphatic carbocycles. The molecule has 2 aromatic carbocycles. The number of phenols is 1. The topological polar surface area (TPSA) is 80.2 Å². The van der Waals surface area contributed by atoms with Crippen molar-refractivity contribution in [2.45, 2.75) is 0 Å². The van der Waals surface area contributed by atoms with E-state index in [1.54, 1.807) is 36.4 Å². The van der Waals surface area contributed by atoms with E-state index in [9.17, 15) is 9.90 Å². The van der Waals surface area contributed by atoms with Gasteiger partial charge in [0.05, 0.1) is 13.3 Å². The standard InChI is InChI=1S/C16H14BrClN2O4/c1-23-14-6-11(17)5-10(16(14)22)8-19-20-15(21)9-24-13-4-2-3-12(18)7-13/h2-8,22H,9H2,1H3,(H,20,21)/b19-8+. The molecule has 24 heavy (non-hydrogen) atoms. The van der Waals surface area contributed by atoms with Crippen LogP contribution in [-0.4, -0.2) is 30.9 Å². The van der Waals surface area contributed by atoms with Crippen LogP contribution < -0.4 is 14.9 Å². The highest BCUT2D eigenvalue weighted by Gasteiger charge is 2.08. The summed E-state index contributed by atoms with van der Waals surface area (Å²) < 4.78 is 11.0. The minimum Gasteiger partial charge on any atom is -0.504 e.